The molecule has 1 N–H and O–H groups in total. The highest BCUT2D eigenvalue weighted by molar-refractivity contribution is 7.15. The van der Waals surface area contributed by atoms with E-state index in [9.17, 15) is 9.59 Å². The topological polar surface area (TPSA) is 90.0 Å². The van der Waals surface area contributed by atoms with E-state index in [1.165, 1.54) is 29.7 Å². The fraction of sp³-hybridized carbons (Fsp3) is 0.200. The van der Waals surface area contributed by atoms with Crippen LogP contribution in [-0.4, -0.2) is 20.7 Å². The summed E-state index contributed by atoms with van der Waals surface area (Å²) in [5, 5.41) is 7.40. The van der Waals surface area contributed by atoms with Crippen molar-refractivity contribution in [2.24, 2.45) is 0 Å². The van der Waals surface area contributed by atoms with Crippen molar-refractivity contribution in [1.82, 2.24) is 20.1 Å². The average molecular weight is 330 g/mol. The zero-order valence-electron chi connectivity index (χ0n) is 12.4. The first-order chi connectivity index (χ1) is 11.1. The molecule has 0 radical (unpaired) electrons. The maximum atomic E-state index is 11.9. The lowest BCUT2D eigenvalue weighted by Crippen LogP contribution is -2.32. The maximum Gasteiger partial charge on any atom is 0.267 e. The van der Waals surface area contributed by atoms with Crippen LogP contribution >= 0.6 is 11.3 Å². The molecule has 0 saturated heterocycles. The Morgan fingerprint density at radius 1 is 1.39 bits per heavy atom. The zero-order valence-corrected chi connectivity index (χ0v) is 13.2. The van der Waals surface area contributed by atoms with Gasteiger partial charge in [-0.15, -0.1) is 11.3 Å². The summed E-state index contributed by atoms with van der Waals surface area (Å²) in [6.07, 6.45) is 3.07. The summed E-state index contributed by atoms with van der Waals surface area (Å²) in [6, 6.07) is 6.54. The summed E-state index contributed by atoms with van der Waals surface area (Å²) in [7, 11) is 0. The molecule has 0 atom stereocenters. The Kier molecular flexibility index (Phi) is 4.33. The minimum absolute atomic E-state index is 0.109. The molecule has 0 fully saturated rings. The zero-order chi connectivity index (χ0) is 16.2. The maximum absolute atomic E-state index is 11.9. The lowest BCUT2D eigenvalue weighted by Gasteiger charge is -2.05. The Balaban J connectivity index is 1.63. The molecule has 0 aliphatic carbocycles. The first-order valence-corrected chi connectivity index (χ1v) is 7.74. The molecule has 3 aromatic heterocycles. The summed E-state index contributed by atoms with van der Waals surface area (Å²) >= 11 is 1.46. The Hall–Kier alpha value is -2.74. The second-order valence-corrected chi connectivity index (χ2v) is 5.88. The molecule has 23 heavy (non-hydrogen) atoms. The fourth-order valence-corrected chi connectivity index (χ4v) is 2.94. The number of nitrogens with one attached hydrogen (secondary N) is 1. The van der Waals surface area contributed by atoms with Gasteiger partial charge in [0.25, 0.3) is 5.56 Å². The molecule has 3 aromatic rings. The van der Waals surface area contributed by atoms with E-state index in [0.717, 1.165) is 20.3 Å². The Morgan fingerprint density at radius 2 is 2.26 bits per heavy atom. The van der Waals surface area contributed by atoms with Gasteiger partial charge in [0.2, 0.25) is 5.91 Å². The molecule has 0 aromatic carbocycles. The largest absolute Gasteiger partial charge is 0.462 e. The van der Waals surface area contributed by atoms with Crippen LogP contribution in [-0.2, 0) is 17.9 Å². The van der Waals surface area contributed by atoms with Gasteiger partial charge in [-0.2, -0.15) is 5.10 Å². The molecule has 0 aliphatic heterocycles. The molecule has 0 aliphatic rings. The van der Waals surface area contributed by atoms with Crippen molar-refractivity contribution in [3.63, 3.8) is 0 Å². The lowest BCUT2D eigenvalue weighted by molar-refractivity contribution is -0.122. The van der Waals surface area contributed by atoms with Crippen molar-refractivity contribution in [3.05, 3.63) is 57.7 Å². The van der Waals surface area contributed by atoms with Crippen LogP contribution in [0.2, 0.25) is 0 Å². The minimum Gasteiger partial charge on any atom is -0.462 e. The number of carbonyl (C=O) groups excluding carboxylic acids is 1. The van der Waals surface area contributed by atoms with Crippen LogP contribution < -0.4 is 10.9 Å². The van der Waals surface area contributed by atoms with Crippen molar-refractivity contribution in [2.75, 3.05) is 0 Å². The van der Waals surface area contributed by atoms with E-state index in [0.29, 0.717) is 12.3 Å². The predicted molar refractivity (Wildman–Crippen MR) is 84.9 cm³/mol. The van der Waals surface area contributed by atoms with Gasteiger partial charge in [-0.25, -0.2) is 9.67 Å². The predicted octanol–water partition coefficient (Wildman–Crippen LogP) is 1.58. The Morgan fingerprint density at radius 3 is 3.00 bits per heavy atom. The highest BCUT2D eigenvalue weighted by Gasteiger charge is 2.12. The number of aromatic nitrogens is 3. The standard InChI is InChI=1S/C15H14N4O3S/c1-10-12(23-15(18-10)11-4-3-7-22-11)8-16-13(20)9-19-14(21)5-2-6-17-19/h2-7H,8-9H2,1H3,(H,16,20). The van der Waals surface area contributed by atoms with Crippen LogP contribution in [0.15, 0.2) is 45.9 Å². The first-order valence-electron chi connectivity index (χ1n) is 6.92. The third-order valence-corrected chi connectivity index (χ3v) is 4.32. The third-order valence-electron chi connectivity index (χ3n) is 3.15. The fourth-order valence-electron chi connectivity index (χ4n) is 1.97. The van der Waals surface area contributed by atoms with E-state index in [2.05, 4.69) is 15.4 Å². The van der Waals surface area contributed by atoms with Gasteiger partial charge < -0.3 is 9.73 Å². The monoisotopic (exact) mass is 330 g/mol. The van der Waals surface area contributed by atoms with Gasteiger partial charge >= 0.3 is 0 Å². The summed E-state index contributed by atoms with van der Waals surface area (Å²) in [5.74, 6) is 0.425. The highest BCUT2D eigenvalue weighted by atomic mass is 32.1. The van der Waals surface area contributed by atoms with Crippen molar-refractivity contribution in [2.45, 2.75) is 20.0 Å². The first kappa shape index (κ1) is 15.2. The van der Waals surface area contributed by atoms with Gasteiger partial charge in [0.05, 0.1) is 18.5 Å². The Labute approximate surface area is 135 Å². The third kappa shape index (κ3) is 3.54. The molecule has 0 saturated carbocycles. The second-order valence-electron chi connectivity index (χ2n) is 4.80. The number of hydrogen-bond acceptors (Lipinski definition) is 6. The van der Waals surface area contributed by atoms with Crippen LogP contribution in [0.4, 0.5) is 0 Å². The summed E-state index contributed by atoms with van der Waals surface area (Å²) in [6.45, 7) is 2.13. The van der Waals surface area contributed by atoms with Gasteiger partial charge in [0.1, 0.15) is 6.54 Å². The van der Waals surface area contributed by atoms with E-state index in [-0.39, 0.29) is 18.0 Å². The molecule has 118 valence electrons. The molecular formula is C15H14N4O3S. The minimum atomic E-state index is -0.309. The number of amides is 1. The van der Waals surface area contributed by atoms with Gasteiger partial charge in [-0.1, -0.05) is 0 Å². The molecule has 0 bridgehead atoms. The van der Waals surface area contributed by atoms with E-state index >= 15 is 0 Å². The van der Waals surface area contributed by atoms with Gasteiger partial charge in [0, 0.05) is 17.1 Å². The van der Waals surface area contributed by atoms with Crippen molar-refractivity contribution < 1.29 is 9.21 Å². The van der Waals surface area contributed by atoms with Crippen LogP contribution in [0.5, 0.6) is 0 Å². The number of nitrogens with zero attached hydrogens (tertiary/aromatic N) is 3. The van der Waals surface area contributed by atoms with Gasteiger partial charge in [-0.05, 0) is 25.1 Å². The van der Waals surface area contributed by atoms with Gasteiger partial charge in [-0.3, -0.25) is 9.59 Å². The van der Waals surface area contributed by atoms with Crippen molar-refractivity contribution in [3.8, 4) is 10.8 Å². The van der Waals surface area contributed by atoms with Crippen molar-refractivity contribution in [1.29, 1.82) is 0 Å². The molecule has 0 spiro atoms. The lowest BCUT2D eigenvalue weighted by atomic mass is 10.4. The quantitative estimate of drug-likeness (QED) is 0.767. The molecule has 0 unspecified atom stereocenters. The molecule has 3 heterocycles. The van der Waals surface area contributed by atoms with Crippen LogP contribution in [0.25, 0.3) is 10.8 Å². The van der Waals surface area contributed by atoms with Crippen molar-refractivity contribution >= 4 is 17.2 Å². The number of rotatable bonds is 5. The Bertz CT molecular complexity index is 867. The number of thiazole rings is 1. The van der Waals surface area contributed by atoms with Crippen LogP contribution in [0.3, 0.4) is 0 Å². The smallest absolute Gasteiger partial charge is 0.267 e. The second kappa shape index (κ2) is 6.57. The van der Waals surface area contributed by atoms with E-state index in [4.69, 9.17) is 4.42 Å². The van der Waals surface area contributed by atoms with E-state index < -0.39 is 0 Å². The molecule has 1 amide bonds. The average Bonchev–Trinajstić information content (AvgIpc) is 3.17. The van der Waals surface area contributed by atoms with Crippen LogP contribution in [0, 0.1) is 6.92 Å². The molecule has 3 rings (SSSR count). The number of carbonyl (C=O) groups is 1. The summed E-state index contributed by atoms with van der Waals surface area (Å²) in [5.41, 5.74) is 0.536. The summed E-state index contributed by atoms with van der Waals surface area (Å²) in [4.78, 5) is 28.8. The summed E-state index contributed by atoms with van der Waals surface area (Å²) < 4.78 is 6.43. The normalized spacial score (nSPS) is 10.7. The highest BCUT2D eigenvalue weighted by Crippen LogP contribution is 2.27. The SMILES string of the molecule is Cc1nc(-c2ccco2)sc1CNC(=O)Cn1ncccc1=O. The number of hydrogen-bond donors (Lipinski definition) is 1. The molecular weight excluding hydrogens is 316 g/mol. The molecule has 7 nitrogen and oxygen atoms in total. The van der Waals surface area contributed by atoms with E-state index in [1.54, 1.807) is 12.3 Å². The number of aryl methyl sites for hydroxylation is 1. The van der Waals surface area contributed by atoms with Gasteiger partial charge in [0.15, 0.2) is 10.8 Å². The van der Waals surface area contributed by atoms with E-state index in [1.807, 2.05) is 13.0 Å². The number of furan rings is 1. The van der Waals surface area contributed by atoms with Crippen LogP contribution in [0.1, 0.15) is 10.6 Å². The molecule has 8 heteroatoms.